The van der Waals surface area contributed by atoms with Gasteiger partial charge in [0.15, 0.2) is 0 Å². The van der Waals surface area contributed by atoms with Crippen molar-refractivity contribution in [3.63, 3.8) is 0 Å². The van der Waals surface area contributed by atoms with Gasteiger partial charge in [0.25, 0.3) is 0 Å². The molecule has 6 heteroatoms. The van der Waals surface area contributed by atoms with Gasteiger partial charge in [-0.2, -0.15) is 0 Å². The van der Waals surface area contributed by atoms with Crippen LogP contribution in [-0.2, 0) is 14.3 Å². The molecule has 1 amide bonds. The molecular formula is C15H13Cl2NO3. The zero-order chi connectivity index (χ0) is 14.7. The van der Waals surface area contributed by atoms with Crippen LogP contribution in [0, 0.1) is 23.7 Å². The summed E-state index contributed by atoms with van der Waals surface area (Å²) in [5, 5.41) is 3.53. The molecule has 1 N–H and O–H groups in total. The Kier molecular flexibility index (Phi) is 2.95. The number of hydrogen-bond acceptors (Lipinski definition) is 3. The summed E-state index contributed by atoms with van der Waals surface area (Å²) in [4.78, 5) is 24.5. The van der Waals surface area contributed by atoms with E-state index in [-0.39, 0.29) is 41.7 Å². The fourth-order valence-corrected chi connectivity index (χ4v) is 4.53. The van der Waals surface area contributed by atoms with E-state index in [0.717, 1.165) is 12.8 Å². The predicted molar refractivity (Wildman–Crippen MR) is 78.2 cm³/mol. The minimum Gasteiger partial charge on any atom is -0.462 e. The molecule has 1 saturated heterocycles. The van der Waals surface area contributed by atoms with E-state index in [2.05, 4.69) is 5.32 Å². The number of ether oxygens (including phenoxy) is 1. The van der Waals surface area contributed by atoms with E-state index in [1.54, 1.807) is 18.2 Å². The van der Waals surface area contributed by atoms with Crippen LogP contribution in [-0.4, -0.2) is 18.0 Å². The highest BCUT2D eigenvalue weighted by atomic mass is 35.5. The van der Waals surface area contributed by atoms with Gasteiger partial charge < -0.3 is 10.1 Å². The van der Waals surface area contributed by atoms with Crippen molar-refractivity contribution >= 4 is 40.8 Å². The third-order valence-electron chi connectivity index (χ3n) is 5.00. The first-order chi connectivity index (χ1) is 10.1. The van der Waals surface area contributed by atoms with Gasteiger partial charge in [-0.3, -0.25) is 9.59 Å². The van der Waals surface area contributed by atoms with Gasteiger partial charge in [0, 0.05) is 5.92 Å². The lowest BCUT2D eigenvalue weighted by Gasteiger charge is -2.23. The monoisotopic (exact) mass is 325 g/mol. The second-order valence-electron chi connectivity index (χ2n) is 6.01. The van der Waals surface area contributed by atoms with Crippen molar-refractivity contribution in [2.45, 2.75) is 18.9 Å². The van der Waals surface area contributed by atoms with E-state index in [1.165, 1.54) is 0 Å². The standard InChI is InChI=1S/C15H13Cl2NO3/c16-8-2-1-3-9(13(8)17)18-14(19)11-6-4-7-10(5-6)21-15(20)12(7)11/h1-3,6-7,10-12H,4-5H2,(H,18,19)/t6-,7+,10+,11-,12-/m1/s1. The van der Waals surface area contributed by atoms with Crippen LogP contribution in [0.25, 0.3) is 0 Å². The van der Waals surface area contributed by atoms with Crippen LogP contribution < -0.4 is 5.32 Å². The summed E-state index contributed by atoms with van der Waals surface area (Å²) in [6, 6.07) is 5.09. The highest BCUT2D eigenvalue weighted by Crippen LogP contribution is 2.57. The van der Waals surface area contributed by atoms with Crippen molar-refractivity contribution in [3.8, 4) is 0 Å². The number of amides is 1. The van der Waals surface area contributed by atoms with Crippen LogP contribution in [0.2, 0.25) is 10.0 Å². The number of nitrogens with one attached hydrogen (secondary N) is 1. The van der Waals surface area contributed by atoms with Crippen LogP contribution in [0.3, 0.4) is 0 Å². The van der Waals surface area contributed by atoms with Crippen LogP contribution in [0.5, 0.6) is 0 Å². The summed E-state index contributed by atoms with van der Waals surface area (Å²) in [6.07, 6.45) is 1.74. The molecule has 1 aromatic rings. The van der Waals surface area contributed by atoms with Gasteiger partial charge in [-0.15, -0.1) is 0 Å². The van der Waals surface area contributed by atoms with Gasteiger partial charge >= 0.3 is 5.97 Å². The molecule has 0 aromatic heterocycles. The molecule has 4 nitrogen and oxygen atoms in total. The van der Waals surface area contributed by atoms with Crippen molar-refractivity contribution in [2.75, 3.05) is 5.32 Å². The molecule has 5 atom stereocenters. The third kappa shape index (κ3) is 1.89. The van der Waals surface area contributed by atoms with Crippen LogP contribution in [0.4, 0.5) is 5.69 Å². The first-order valence-corrected chi connectivity index (χ1v) is 7.77. The molecule has 2 saturated carbocycles. The fourth-order valence-electron chi connectivity index (χ4n) is 4.18. The summed E-state index contributed by atoms with van der Waals surface area (Å²) in [5.74, 6) is -0.526. The maximum Gasteiger partial charge on any atom is 0.310 e. The van der Waals surface area contributed by atoms with Crippen LogP contribution >= 0.6 is 23.2 Å². The van der Waals surface area contributed by atoms with Gasteiger partial charge in [0.2, 0.25) is 5.91 Å². The number of benzene rings is 1. The lowest BCUT2D eigenvalue weighted by atomic mass is 9.79. The van der Waals surface area contributed by atoms with Gasteiger partial charge in [-0.1, -0.05) is 29.3 Å². The molecule has 21 heavy (non-hydrogen) atoms. The molecule has 0 unspecified atom stereocenters. The number of halogens is 2. The summed E-state index contributed by atoms with van der Waals surface area (Å²) in [5.41, 5.74) is 0.486. The summed E-state index contributed by atoms with van der Waals surface area (Å²) in [6.45, 7) is 0. The van der Waals surface area contributed by atoms with Gasteiger partial charge in [0.1, 0.15) is 6.10 Å². The van der Waals surface area contributed by atoms with E-state index in [0.29, 0.717) is 15.7 Å². The quantitative estimate of drug-likeness (QED) is 0.850. The molecular weight excluding hydrogens is 313 g/mol. The second-order valence-corrected chi connectivity index (χ2v) is 6.80. The summed E-state index contributed by atoms with van der Waals surface area (Å²) in [7, 11) is 0. The van der Waals surface area contributed by atoms with E-state index >= 15 is 0 Å². The lowest BCUT2D eigenvalue weighted by Crippen LogP contribution is -2.35. The Balaban J connectivity index is 1.59. The molecule has 4 rings (SSSR count). The van der Waals surface area contributed by atoms with Crippen LogP contribution in [0.15, 0.2) is 18.2 Å². The highest BCUT2D eigenvalue weighted by molar-refractivity contribution is 6.44. The molecule has 3 aliphatic rings. The Morgan fingerprint density at radius 2 is 2.10 bits per heavy atom. The normalized spacial score (nSPS) is 35.9. The Morgan fingerprint density at radius 3 is 2.90 bits per heavy atom. The number of hydrogen-bond donors (Lipinski definition) is 1. The Morgan fingerprint density at radius 1 is 1.29 bits per heavy atom. The van der Waals surface area contributed by atoms with Crippen molar-refractivity contribution in [1.82, 2.24) is 0 Å². The second kappa shape index (κ2) is 4.62. The number of anilines is 1. The largest absolute Gasteiger partial charge is 0.462 e. The first kappa shape index (κ1) is 13.4. The Bertz CT molecular complexity index is 646. The summed E-state index contributed by atoms with van der Waals surface area (Å²) >= 11 is 12.0. The average Bonchev–Trinajstić information content (AvgIpc) is 3.05. The minimum atomic E-state index is -0.309. The van der Waals surface area contributed by atoms with Crippen LogP contribution in [0.1, 0.15) is 12.8 Å². The van der Waals surface area contributed by atoms with Crippen molar-refractivity contribution in [1.29, 1.82) is 0 Å². The predicted octanol–water partition coefficient (Wildman–Crippen LogP) is 3.13. The zero-order valence-electron chi connectivity index (χ0n) is 11.0. The molecule has 2 bridgehead atoms. The molecule has 1 aliphatic heterocycles. The molecule has 1 heterocycles. The topological polar surface area (TPSA) is 55.4 Å². The number of fused-ring (bicyclic) bond motifs is 1. The van der Waals surface area contributed by atoms with E-state index in [4.69, 9.17) is 27.9 Å². The Hall–Kier alpha value is -1.26. The number of carbonyl (C=O) groups is 2. The molecule has 3 fully saturated rings. The smallest absolute Gasteiger partial charge is 0.310 e. The lowest BCUT2D eigenvalue weighted by molar-refractivity contribution is -0.145. The van der Waals surface area contributed by atoms with Gasteiger partial charge in [-0.25, -0.2) is 0 Å². The zero-order valence-corrected chi connectivity index (χ0v) is 12.5. The van der Waals surface area contributed by atoms with Crippen molar-refractivity contribution in [3.05, 3.63) is 28.2 Å². The molecule has 1 aromatic carbocycles. The SMILES string of the molecule is O=C(Nc1cccc(Cl)c1Cl)[C@@H]1[C@@H]2C[C@@H]3[C@H]1C(=O)O[C@H]3C2. The molecule has 0 radical (unpaired) electrons. The Labute approximate surface area is 131 Å². The fraction of sp³-hybridized carbons (Fsp3) is 0.467. The number of esters is 1. The van der Waals surface area contributed by atoms with Gasteiger partial charge in [-0.05, 0) is 30.9 Å². The molecule has 0 spiro atoms. The van der Waals surface area contributed by atoms with E-state index in [9.17, 15) is 9.59 Å². The minimum absolute atomic E-state index is 0.0336. The molecule has 2 aliphatic carbocycles. The number of rotatable bonds is 2. The van der Waals surface area contributed by atoms with Crippen molar-refractivity contribution in [2.24, 2.45) is 23.7 Å². The highest BCUT2D eigenvalue weighted by Gasteiger charge is 2.63. The van der Waals surface area contributed by atoms with Gasteiger partial charge in [0.05, 0.1) is 27.6 Å². The number of carbonyl (C=O) groups excluding carboxylic acids is 2. The third-order valence-corrected chi connectivity index (χ3v) is 5.81. The maximum atomic E-state index is 12.6. The van der Waals surface area contributed by atoms with E-state index in [1.807, 2.05) is 0 Å². The maximum absolute atomic E-state index is 12.6. The van der Waals surface area contributed by atoms with Crippen molar-refractivity contribution < 1.29 is 14.3 Å². The first-order valence-electron chi connectivity index (χ1n) is 7.01. The summed E-state index contributed by atoms with van der Waals surface area (Å²) < 4.78 is 5.35. The van der Waals surface area contributed by atoms with E-state index < -0.39 is 0 Å². The molecule has 110 valence electrons. The average molecular weight is 326 g/mol.